The highest BCUT2D eigenvalue weighted by Crippen LogP contribution is 2.29. The first-order valence-electron chi connectivity index (χ1n) is 6.21. The fourth-order valence-corrected chi connectivity index (χ4v) is 3.58. The molecule has 0 aliphatic heterocycles. The van der Waals surface area contributed by atoms with Crippen LogP contribution in [0, 0.1) is 11.8 Å². The van der Waals surface area contributed by atoms with Gasteiger partial charge >= 0.3 is 0 Å². The van der Waals surface area contributed by atoms with Crippen LogP contribution in [0.5, 0.6) is 0 Å². The molecule has 0 N–H and O–H groups in total. The lowest BCUT2D eigenvalue weighted by molar-refractivity contribution is 0.442. The minimum absolute atomic E-state index is 0.606. The SMILES string of the molecule is CC(C)CC(CCl)Cc1csc2ccccc12. The Morgan fingerprint density at radius 2 is 2.00 bits per heavy atom. The summed E-state index contributed by atoms with van der Waals surface area (Å²) >= 11 is 7.93. The molecule has 0 aliphatic carbocycles. The molecular weight excluding hydrogens is 248 g/mol. The van der Waals surface area contributed by atoms with Crippen molar-refractivity contribution < 1.29 is 0 Å². The van der Waals surface area contributed by atoms with Crippen molar-refractivity contribution in [3.05, 3.63) is 35.2 Å². The van der Waals surface area contributed by atoms with Crippen LogP contribution < -0.4 is 0 Å². The molecule has 1 aromatic heterocycles. The van der Waals surface area contributed by atoms with Gasteiger partial charge in [0.05, 0.1) is 0 Å². The summed E-state index contributed by atoms with van der Waals surface area (Å²) < 4.78 is 1.39. The molecule has 1 heterocycles. The lowest BCUT2D eigenvalue weighted by Gasteiger charge is -2.15. The summed E-state index contributed by atoms with van der Waals surface area (Å²) in [7, 11) is 0. The van der Waals surface area contributed by atoms with Crippen molar-refractivity contribution in [1.29, 1.82) is 0 Å². The minimum atomic E-state index is 0.606. The van der Waals surface area contributed by atoms with Crippen LogP contribution in [-0.2, 0) is 6.42 Å². The maximum absolute atomic E-state index is 6.08. The third-order valence-corrected chi connectivity index (χ3v) is 4.54. The Morgan fingerprint density at radius 3 is 2.71 bits per heavy atom. The van der Waals surface area contributed by atoms with Gasteiger partial charge in [0.2, 0.25) is 0 Å². The Labute approximate surface area is 113 Å². The first kappa shape index (κ1) is 12.9. The van der Waals surface area contributed by atoms with Crippen molar-refractivity contribution in [2.75, 3.05) is 5.88 Å². The molecule has 17 heavy (non-hydrogen) atoms. The van der Waals surface area contributed by atoms with Gasteiger partial charge in [-0.15, -0.1) is 22.9 Å². The molecule has 0 saturated carbocycles. The zero-order chi connectivity index (χ0) is 12.3. The molecule has 0 aliphatic rings. The molecule has 2 heteroatoms. The Kier molecular flexibility index (Phi) is 4.47. The summed E-state index contributed by atoms with van der Waals surface area (Å²) in [6.07, 6.45) is 2.33. The fourth-order valence-electron chi connectivity index (χ4n) is 2.37. The van der Waals surface area contributed by atoms with Crippen LogP contribution in [0.4, 0.5) is 0 Å². The summed E-state index contributed by atoms with van der Waals surface area (Å²) in [6.45, 7) is 4.54. The topological polar surface area (TPSA) is 0 Å². The van der Waals surface area contributed by atoms with Gasteiger partial charge in [0.1, 0.15) is 0 Å². The van der Waals surface area contributed by atoms with Crippen LogP contribution in [0.1, 0.15) is 25.8 Å². The summed E-state index contributed by atoms with van der Waals surface area (Å²) in [5, 5.41) is 3.71. The van der Waals surface area contributed by atoms with Gasteiger partial charge in [-0.1, -0.05) is 32.0 Å². The van der Waals surface area contributed by atoms with Crippen LogP contribution in [0.25, 0.3) is 10.1 Å². The van der Waals surface area contributed by atoms with Gasteiger partial charge in [0.15, 0.2) is 0 Å². The molecular formula is C15H19ClS. The molecule has 2 rings (SSSR count). The summed E-state index contributed by atoms with van der Waals surface area (Å²) in [5.41, 5.74) is 1.47. The predicted octanol–water partition coefficient (Wildman–Crippen LogP) is 5.34. The summed E-state index contributed by atoms with van der Waals surface area (Å²) in [4.78, 5) is 0. The Balaban J connectivity index is 2.16. The number of halogens is 1. The van der Waals surface area contributed by atoms with E-state index < -0.39 is 0 Å². The van der Waals surface area contributed by atoms with Crippen molar-refractivity contribution in [3.63, 3.8) is 0 Å². The smallest absolute Gasteiger partial charge is 0.0345 e. The Hall–Kier alpha value is -0.530. The van der Waals surface area contributed by atoms with Crippen molar-refractivity contribution in [3.8, 4) is 0 Å². The standard InChI is InChI=1S/C15H19ClS/c1-11(2)7-12(9-16)8-13-10-17-15-6-4-3-5-14(13)15/h3-6,10-12H,7-9H2,1-2H3. The maximum Gasteiger partial charge on any atom is 0.0345 e. The van der Waals surface area contributed by atoms with Crippen molar-refractivity contribution in [2.45, 2.75) is 26.7 Å². The molecule has 0 spiro atoms. The van der Waals surface area contributed by atoms with E-state index in [4.69, 9.17) is 11.6 Å². The zero-order valence-corrected chi connectivity index (χ0v) is 12.0. The molecule has 2 aromatic rings. The van der Waals surface area contributed by atoms with E-state index in [0.717, 1.165) is 18.2 Å². The molecule has 1 aromatic carbocycles. The second-order valence-corrected chi connectivity index (χ2v) is 6.33. The molecule has 0 bridgehead atoms. The highest BCUT2D eigenvalue weighted by atomic mass is 35.5. The van der Waals surface area contributed by atoms with Gasteiger partial charge in [-0.25, -0.2) is 0 Å². The number of alkyl halides is 1. The van der Waals surface area contributed by atoms with Crippen LogP contribution in [0.15, 0.2) is 29.6 Å². The first-order valence-corrected chi connectivity index (χ1v) is 7.63. The Morgan fingerprint density at radius 1 is 1.24 bits per heavy atom. The molecule has 0 fully saturated rings. The fraction of sp³-hybridized carbons (Fsp3) is 0.467. The van der Waals surface area contributed by atoms with Crippen LogP contribution in [-0.4, -0.2) is 5.88 Å². The highest BCUT2D eigenvalue weighted by molar-refractivity contribution is 7.17. The van der Waals surface area contributed by atoms with Gasteiger partial charge < -0.3 is 0 Å². The number of hydrogen-bond acceptors (Lipinski definition) is 1. The largest absolute Gasteiger partial charge is 0.144 e. The van der Waals surface area contributed by atoms with Crippen LogP contribution >= 0.6 is 22.9 Å². The van der Waals surface area contributed by atoms with E-state index in [1.54, 1.807) is 0 Å². The third-order valence-electron chi connectivity index (χ3n) is 3.09. The van der Waals surface area contributed by atoms with Crippen molar-refractivity contribution in [2.24, 2.45) is 11.8 Å². The summed E-state index contributed by atoms with van der Waals surface area (Å²) in [6, 6.07) is 8.65. The van der Waals surface area contributed by atoms with E-state index in [1.807, 2.05) is 11.3 Å². The van der Waals surface area contributed by atoms with Crippen LogP contribution in [0.3, 0.4) is 0 Å². The quantitative estimate of drug-likeness (QED) is 0.641. The van der Waals surface area contributed by atoms with Gasteiger partial charge in [0, 0.05) is 10.6 Å². The molecule has 0 saturated heterocycles. The normalized spacial score (nSPS) is 13.4. The first-order chi connectivity index (χ1) is 8.20. The van der Waals surface area contributed by atoms with Gasteiger partial charge in [0.25, 0.3) is 0 Å². The third kappa shape index (κ3) is 3.23. The average molecular weight is 267 g/mol. The molecule has 1 unspecified atom stereocenters. The lowest BCUT2D eigenvalue weighted by Crippen LogP contribution is -2.09. The predicted molar refractivity (Wildman–Crippen MR) is 79.2 cm³/mol. The molecule has 92 valence electrons. The molecule has 0 nitrogen and oxygen atoms in total. The van der Waals surface area contributed by atoms with Gasteiger partial charge in [-0.2, -0.15) is 0 Å². The number of fused-ring (bicyclic) bond motifs is 1. The number of thiophene rings is 1. The van der Waals surface area contributed by atoms with Crippen LogP contribution in [0.2, 0.25) is 0 Å². The minimum Gasteiger partial charge on any atom is -0.144 e. The Bertz CT molecular complexity index is 472. The number of benzene rings is 1. The second kappa shape index (κ2) is 5.88. The van der Waals surface area contributed by atoms with Gasteiger partial charge in [-0.05, 0) is 47.1 Å². The lowest BCUT2D eigenvalue weighted by atomic mass is 9.92. The molecule has 1 atom stereocenters. The van der Waals surface area contributed by atoms with E-state index in [9.17, 15) is 0 Å². The summed E-state index contributed by atoms with van der Waals surface area (Å²) in [5.74, 6) is 2.10. The molecule has 0 amide bonds. The monoisotopic (exact) mass is 266 g/mol. The van der Waals surface area contributed by atoms with Crippen molar-refractivity contribution >= 4 is 33.0 Å². The maximum atomic E-state index is 6.08. The highest BCUT2D eigenvalue weighted by Gasteiger charge is 2.13. The van der Waals surface area contributed by atoms with E-state index in [2.05, 4.69) is 43.5 Å². The zero-order valence-electron chi connectivity index (χ0n) is 10.4. The number of rotatable bonds is 5. The van der Waals surface area contributed by atoms with Crippen molar-refractivity contribution in [1.82, 2.24) is 0 Å². The molecule has 0 radical (unpaired) electrons. The van der Waals surface area contributed by atoms with E-state index in [1.165, 1.54) is 22.1 Å². The van der Waals surface area contributed by atoms with E-state index >= 15 is 0 Å². The van der Waals surface area contributed by atoms with Gasteiger partial charge in [-0.3, -0.25) is 0 Å². The second-order valence-electron chi connectivity index (χ2n) is 5.11. The van der Waals surface area contributed by atoms with E-state index in [0.29, 0.717) is 5.92 Å². The van der Waals surface area contributed by atoms with E-state index in [-0.39, 0.29) is 0 Å². The number of hydrogen-bond donors (Lipinski definition) is 0. The average Bonchev–Trinajstić information content (AvgIpc) is 2.71.